The van der Waals surface area contributed by atoms with Crippen molar-refractivity contribution in [2.45, 2.75) is 12.8 Å². The van der Waals surface area contributed by atoms with Gasteiger partial charge in [0.25, 0.3) is 0 Å². The van der Waals surface area contributed by atoms with Crippen molar-refractivity contribution in [3.8, 4) is 0 Å². The minimum Gasteiger partial charge on any atom is -0.465 e. The largest absolute Gasteiger partial charge is 0.465 e. The van der Waals surface area contributed by atoms with Crippen LogP contribution in [0.25, 0.3) is 0 Å². The number of nitrogens with one attached hydrogen (secondary N) is 1. The number of hydrogen-bond acceptors (Lipinski definition) is 5. The Kier molecular flexibility index (Phi) is 4.74. The zero-order chi connectivity index (χ0) is 13.7. The van der Waals surface area contributed by atoms with Crippen molar-refractivity contribution in [3.05, 3.63) is 23.9 Å². The zero-order valence-corrected chi connectivity index (χ0v) is 11.6. The van der Waals surface area contributed by atoms with E-state index >= 15 is 0 Å². The fraction of sp³-hybridized carbons (Fsp3) is 0.571. The van der Waals surface area contributed by atoms with Crippen molar-refractivity contribution in [1.82, 2.24) is 9.88 Å². The van der Waals surface area contributed by atoms with E-state index in [0.29, 0.717) is 17.3 Å². The first kappa shape index (κ1) is 13.8. The van der Waals surface area contributed by atoms with Crippen LogP contribution < -0.4 is 5.32 Å². The second kappa shape index (κ2) is 6.52. The Morgan fingerprint density at radius 1 is 1.63 bits per heavy atom. The molecule has 1 aromatic rings. The maximum absolute atomic E-state index is 11.6. The van der Waals surface area contributed by atoms with Gasteiger partial charge >= 0.3 is 5.97 Å². The summed E-state index contributed by atoms with van der Waals surface area (Å²) in [5, 5.41) is 3.28. The summed E-state index contributed by atoms with van der Waals surface area (Å²) in [5.74, 6) is 0.866. The second-order valence-corrected chi connectivity index (χ2v) is 5.04. The molecule has 104 valence electrons. The Morgan fingerprint density at radius 2 is 2.47 bits per heavy atom. The highest BCUT2D eigenvalue weighted by atomic mass is 16.5. The number of nitrogens with zero attached hydrogens (tertiary/aromatic N) is 2. The number of carbonyl (C=O) groups excluding carboxylic acids is 1. The highest BCUT2D eigenvalue weighted by molar-refractivity contribution is 5.94. The van der Waals surface area contributed by atoms with Gasteiger partial charge in [-0.2, -0.15) is 0 Å². The quantitative estimate of drug-likeness (QED) is 0.837. The van der Waals surface area contributed by atoms with E-state index in [2.05, 4.69) is 22.2 Å². The molecule has 1 N–H and O–H groups in total. The number of carbonyl (C=O) groups is 1. The number of likely N-dealkylation sites (tertiary alicyclic amines) is 1. The topological polar surface area (TPSA) is 54.5 Å². The third kappa shape index (κ3) is 3.67. The van der Waals surface area contributed by atoms with Gasteiger partial charge < -0.3 is 15.0 Å². The molecule has 1 saturated heterocycles. The fourth-order valence-corrected chi connectivity index (χ4v) is 2.50. The molecule has 2 heterocycles. The Morgan fingerprint density at radius 3 is 3.21 bits per heavy atom. The van der Waals surface area contributed by atoms with Crippen molar-refractivity contribution in [2.75, 3.05) is 39.1 Å². The van der Waals surface area contributed by atoms with E-state index in [9.17, 15) is 4.79 Å². The van der Waals surface area contributed by atoms with Crippen LogP contribution in [0.5, 0.6) is 0 Å². The lowest BCUT2D eigenvalue weighted by Crippen LogP contribution is -2.35. The summed E-state index contributed by atoms with van der Waals surface area (Å²) in [6.45, 7) is 3.10. The van der Waals surface area contributed by atoms with Gasteiger partial charge in [0.2, 0.25) is 0 Å². The van der Waals surface area contributed by atoms with E-state index in [1.54, 1.807) is 18.3 Å². The Balaban J connectivity index is 1.97. The van der Waals surface area contributed by atoms with Crippen LogP contribution in [0.3, 0.4) is 0 Å². The standard InChI is InChI=1S/C14H21N3O2/c1-17-8-4-5-11(10-17)9-16-13-12(14(18)19-2)6-3-7-15-13/h3,6-7,11H,4-5,8-10H2,1-2H3,(H,15,16). The van der Waals surface area contributed by atoms with Gasteiger partial charge in [-0.25, -0.2) is 9.78 Å². The van der Waals surface area contributed by atoms with Crippen LogP contribution >= 0.6 is 0 Å². The van der Waals surface area contributed by atoms with E-state index in [4.69, 9.17) is 4.74 Å². The van der Waals surface area contributed by atoms with Crippen molar-refractivity contribution in [1.29, 1.82) is 0 Å². The fourth-order valence-electron chi connectivity index (χ4n) is 2.50. The molecule has 5 nitrogen and oxygen atoms in total. The average Bonchev–Trinajstić information content (AvgIpc) is 2.45. The van der Waals surface area contributed by atoms with Crippen molar-refractivity contribution in [3.63, 3.8) is 0 Å². The molecule has 2 rings (SSSR count). The number of hydrogen-bond donors (Lipinski definition) is 1. The van der Waals surface area contributed by atoms with Crippen LogP contribution in [0.4, 0.5) is 5.82 Å². The highest BCUT2D eigenvalue weighted by Crippen LogP contribution is 2.17. The van der Waals surface area contributed by atoms with Crippen molar-refractivity contribution < 1.29 is 9.53 Å². The van der Waals surface area contributed by atoms with E-state index in [-0.39, 0.29) is 5.97 Å². The minimum atomic E-state index is -0.351. The lowest BCUT2D eigenvalue weighted by molar-refractivity contribution is 0.0601. The molecule has 0 spiro atoms. The zero-order valence-electron chi connectivity index (χ0n) is 11.6. The van der Waals surface area contributed by atoms with Gasteiger partial charge in [-0.15, -0.1) is 0 Å². The SMILES string of the molecule is COC(=O)c1cccnc1NCC1CCCN(C)C1. The molecular formula is C14H21N3O2. The molecule has 1 aliphatic rings. The predicted octanol–water partition coefficient (Wildman–Crippen LogP) is 1.62. The lowest BCUT2D eigenvalue weighted by atomic mass is 9.98. The van der Waals surface area contributed by atoms with Gasteiger partial charge in [-0.05, 0) is 44.5 Å². The molecule has 0 saturated carbocycles. The lowest BCUT2D eigenvalue weighted by Gasteiger charge is -2.29. The van der Waals surface area contributed by atoms with Gasteiger partial charge in [0.15, 0.2) is 0 Å². The first-order valence-corrected chi connectivity index (χ1v) is 6.66. The number of aromatic nitrogens is 1. The molecule has 0 amide bonds. The first-order valence-electron chi connectivity index (χ1n) is 6.66. The van der Waals surface area contributed by atoms with E-state index in [0.717, 1.165) is 13.1 Å². The van der Waals surface area contributed by atoms with Gasteiger partial charge in [0.1, 0.15) is 11.4 Å². The number of anilines is 1. The van der Waals surface area contributed by atoms with E-state index in [1.807, 2.05) is 0 Å². The number of pyridine rings is 1. The monoisotopic (exact) mass is 263 g/mol. The minimum absolute atomic E-state index is 0.351. The maximum Gasteiger partial charge on any atom is 0.341 e. The molecule has 1 atom stereocenters. The summed E-state index contributed by atoms with van der Waals surface area (Å²) in [6, 6.07) is 3.47. The van der Waals surface area contributed by atoms with Crippen LogP contribution in [-0.4, -0.2) is 49.6 Å². The summed E-state index contributed by atoms with van der Waals surface area (Å²) in [6.07, 6.45) is 4.13. The van der Waals surface area contributed by atoms with Gasteiger partial charge in [-0.3, -0.25) is 0 Å². The van der Waals surface area contributed by atoms with Crippen LogP contribution in [0, 0.1) is 5.92 Å². The van der Waals surface area contributed by atoms with Crippen LogP contribution in [0.15, 0.2) is 18.3 Å². The van der Waals surface area contributed by atoms with Crippen molar-refractivity contribution >= 4 is 11.8 Å². The number of methoxy groups -OCH3 is 1. The number of ether oxygens (including phenoxy) is 1. The van der Waals surface area contributed by atoms with Crippen LogP contribution in [0.2, 0.25) is 0 Å². The molecule has 0 aromatic carbocycles. The molecular weight excluding hydrogens is 242 g/mol. The van der Waals surface area contributed by atoms with E-state index < -0.39 is 0 Å². The summed E-state index contributed by atoms with van der Waals surface area (Å²) < 4.78 is 4.76. The predicted molar refractivity (Wildman–Crippen MR) is 74.3 cm³/mol. The van der Waals surface area contributed by atoms with Gasteiger partial charge in [-0.1, -0.05) is 0 Å². The Bertz CT molecular complexity index is 436. The molecule has 0 radical (unpaired) electrons. The number of esters is 1. The normalized spacial score (nSPS) is 20.0. The van der Waals surface area contributed by atoms with Crippen molar-refractivity contribution in [2.24, 2.45) is 5.92 Å². The van der Waals surface area contributed by atoms with E-state index in [1.165, 1.54) is 26.5 Å². The Hall–Kier alpha value is -1.62. The Labute approximate surface area is 114 Å². The van der Waals surface area contributed by atoms with Gasteiger partial charge in [0.05, 0.1) is 7.11 Å². The molecule has 0 aliphatic carbocycles. The third-order valence-electron chi connectivity index (χ3n) is 3.49. The third-order valence-corrected chi connectivity index (χ3v) is 3.49. The molecule has 1 aromatic heterocycles. The molecule has 0 bridgehead atoms. The average molecular weight is 263 g/mol. The molecule has 1 aliphatic heterocycles. The first-order chi connectivity index (χ1) is 9.20. The molecule has 1 unspecified atom stereocenters. The summed E-state index contributed by atoms with van der Waals surface area (Å²) >= 11 is 0. The highest BCUT2D eigenvalue weighted by Gasteiger charge is 2.18. The van der Waals surface area contributed by atoms with Gasteiger partial charge in [0, 0.05) is 19.3 Å². The summed E-state index contributed by atoms with van der Waals surface area (Å²) in [4.78, 5) is 18.2. The number of rotatable bonds is 4. The second-order valence-electron chi connectivity index (χ2n) is 5.04. The molecule has 19 heavy (non-hydrogen) atoms. The maximum atomic E-state index is 11.6. The van der Waals surface area contributed by atoms with Crippen LogP contribution in [-0.2, 0) is 4.74 Å². The molecule has 5 heteroatoms. The summed E-state index contributed by atoms with van der Waals surface area (Å²) in [7, 11) is 3.53. The summed E-state index contributed by atoms with van der Waals surface area (Å²) in [5.41, 5.74) is 0.495. The number of piperidine rings is 1. The molecule has 1 fully saturated rings. The smallest absolute Gasteiger partial charge is 0.341 e. The van der Waals surface area contributed by atoms with Crippen LogP contribution in [0.1, 0.15) is 23.2 Å².